The summed E-state index contributed by atoms with van der Waals surface area (Å²) < 4.78 is 5.24. The summed E-state index contributed by atoms with van der Waals surface area (Å²) >= 11 is 0. The highest BCUT2D eigenvalue weighted by Gasteiger charge is 2.18. The first-order valence-electron chi connectivity index (χ1n) is 8.41. The number of amides is 1. The van der Waals surface area contributed by atoms with Crippen LogP contribution >= 0.6 is 0 Å². The van der Waals surface area contributed by atoms with Crippen LogP contribution in [0.25, 0.3) is 0 Å². The van der Waals surface area contributed by atoms with E-state index in [1.165, 1.54) is 24.3 Å². The zero-order chi connectivity index (χ0) is 19.9. The molecule has 1 N–H and O–H groups in total. The molecule has 0 saturated heterocycles. The van der Waals surface area contributed by atoms with Gasteiger partial charge in [0.25, 0.3) is 11.6 Å². The van der Waals surface area contributed by atoms with Crippen LogP contribution in [0.5, 0.6) is 0 Å². The molecule has 0 aliphatic carbocycles. The molecule has 3 aromatic rings. The molecule has 0 unspecified atom stereocenters. The molecular weight excluding hydrogens is 360 g/mol. The lowest BCUT2D eigenvalue weighted by atomic mass is 10.1. The fourth-order valence-corrected chi connectivity index (χ4v) is 2.59. The van der Waals surface area contributed by atoms with Crippen molar-refractivity contribution >= 4 is 23.3 Å². The number of carbonyl (C=O) groups is 2. The van der Waals surface area contributed by atoms with Gasteiger partial charge in [0, 0.05) is 11.6 Å². The van der Waals surface area contributed by atoms with Crippen LogP contribution in [0, 0.1) is 10.1 Å². The first kappa shape index (κ1) is 18.8. The molecule has 7 nitrogen and oxygen atoms in total. The largest absolute Gasteiger partial charge is 0.457 e. The van der Waals surface area contributed by atoms with Gasteiger partial charge in [-0.25, -0.2) is 4.79 Å². The smallest absolute Gasteiger partial charge is 0.340 e. The van der Waals surface area contributed by atoms with Crippen LogP contribution < -0.4 is 5.32 Å². The zero-order valence-electron chi connectivity index (χ0n) is 14.7. The third-order valence-corrected chi connectivity index (χ3v) is 3.98. The van der Waals surface area contributed by atoms with Gasteiger partial charge in [0.1, 0.15) is 6.61 Å². The summed E-state index contributed by atoms with van der Waals surface area (Å²) in [5.41, 5.74) is 1.06. The Morgan fingerprint density at radius 1 is 0.893 bits per heavy atom. The average molecular weight is 376 g/mol. The van der Waals surface area contributed by atoms with Crippen molar-refractivity contribution in [1.82, 2.24) is 0 Å². The molecule has 0 aliphatic heterocycles. The van der Waals surface area contributed by atoms with Gasteiger partial charge in [-0.2, -0.15) is 0 Å². The second-order valence-corrected chi connectivity index (χ2v) is 5.83. The van der Waals surface area contributed by atoms with E-state index in [-0.39, 0.29) is 29.3 Å². The Balaban J connectivity index is 1.75. The van der Waals surface area contributed by atoms with Crippen LogP contribution in [0.1, 0.15) is 26.3 Å². The first-order chi connectivity index (χ1) is 13.6. The van der Waals surface area contributed by atoms with Gasteiger partial charge in [-0.3, -0.25) is 14.9 Å². The monoisotopic (exact) mass is 376 g/mol. The summed E-state index contributed by atoms with van der Waals surface area (Å²) in [7, 11) is 0. The molecule has 0 spiro atoms. The van der Waals surface area contributed by atoms with E-state index in [0.717, 1.165) is 0 Å². The molecule has 0 aliphatic rings. The number of esters is 1. The highest BCUT2D eigenvalue weighted by Crippen LogP contribution is 2.21. The number of hydrogen-bond donors (Lipinski definition) is 1. The van der Waals surface area contributed by atoms with Crippen molar-refractivity contribution in [2.75, 3.05) is 5.32 Å². The molecule has 0 saturated carbocycles. The minimum Gasteiger partial charge on any atom is -0.457 e. The van der Waals surface area contributed by atoms with Crippen molar-refractivity contribution in [3.63, 3.8) is 0 Å². The number of ether oxygens (including phenoxy) is 1. The second kappa shape index (κ2) is 8.59. The van der Waals surface area contributed by atoms with E-state index in [4.69, 9.17) is 4.74 Å². The van der Waals surface area contributed by atoms with E-state index in [2.05, 4.69) is 5.32 Å². The van der Waals surface area contributed by atoms with Crippen molar-refractivity contribution in [1.29, 1.82) is 0 Å². The van der Waals surface area contributed by atoms with E-state index < -0.39 is 10.9 Å². The summed E-state index contributed by atoms with van der Waals surface area (Å²) in [5.74, 6) is -1.05. The van der Waals surface area contributed by atoms with Gasteiger partial charge >= 0.3 is 5.97 Å². The Labute approximate surface area is 160 Å². The van der Waals surface area contributed by atoms with E-state index >= 15 is 0 Å². The summed E-state index contributed by atoms with van der Waals surface area (Å²) in [6, 6.07) is 21.0. The molecule has 3 rings (SSSR count). The topological polar surface area (TPSA) is 98.5 Å². The molecule has 0 aromatic heterocycles. The SMILES string of the molecule is O=C(Nc1ccccc1C(=O)OCc1ccccc1[N+](=O)[O-])c1ccccc1. The number of nitro benzene ring substituents is 1. The molecular formula is C21H16N2O5. The third kappa shape index (κ3) is 4.39. The van der Waals surface area contributed by atoms with Crippen LogP contribution in [0.15, 0.2) is 78.9 Å². The Bertz CT molecular complexity index is 1020. The van der Waals surface area contributed by atoms with Gasteiger partial charge in [-0.15, -0.1) is 0 Å². The van der Waals surface area contributed by atoms with E-state index in [9.17, 15) is 19.7 Å². The quantitative estimate of drug-likeness (QED) is 0.395. The van der Waals surface area contributed by atoms with Crippen LogP contribution in [-0.4, -0.2) is 16.8 Å². The predicted molar refractivity (Wildman–Crippen MR) is 103 cm³/mol. The Morgan fingerprint density at radius 2 is 1.54 bits per heavy atom. The second-order valence-electron chi connectivity index (χ2n) is 5.83. The molecule has 1 amide bonds. The standard InChI is InChI=1S/C21H16N2O5/c24-20(15-8-2-1-3-9-15)22-18-12-6-5-11-17(18)21(25)28-14-16-10-4-7-13-19(16)23(26)27/h1-13H,14H2,(H,22,24). The van der Waals surface area contributed by atoms with Gasteiger partial charge in [-0.05, 0) is 30.3 Å². The predicted octanol–water partition coefficient (Wildman–Crippen LogP) is 4.20. The van der Waals surface area contributed by atoms with Crippen molar-refractivity contribution in [2.24, 2.45) is 0 Å². The Morgan fingerprint density at radius 3 is 2.29 bits per heavy atom. The van der Waals surface area contributed by atoms with Crippen LogP contribution in [0.3, 0.4) is 0 Å². The van der Waals surface area contributed by atoms with Gasteiger partial charge in [0.05, 0.1) is 21.7 Å². The number of anilines is 1. The fraction of sp³-hybridized carbons (Fsp3) is 0.0476. The lowest BCUT2D eigenvalue weighted by Crippen LogP contribution is -2.16. The number of nitrogens with one attached hydrogen (secondary N) is 1. The van der Waals surface area contributed by atoms with E-state index in [1.807, 2.05) is 0 Å². The van der Waals surface area contributed by atoms with Crippen LogP contribution in [0.4, 0.5) is 11.4 Å². The van der Waals surface area contributed by atoms with Gasteiger partial charge in [-0.1, -0.05) is 42.5 Å². The summed E-state index contributed by atoms with van der Waals surface area (Å²) in [5, 5.41) is 13.8. The van der Waals surface area contributed by atoms with Gasteiger partial charge < -0.3 is 10.1 Å². The number of carbonyl (C=O) groups excluding carboxylic acids is 2. The molecule has 7 heteroatoms. The number of rotatable bonds is 6. The van der Waals surface area contributed by atoms with E-state index in [1.54, 1.807) is 54.6 Å². The number of nitrogens with zero attached hydrogens (tertiary/aromatic N) is 1. The first-order valence-corrected chi connectivity index (χ1v) is 8.41. The summed E-state index contributed by atoms with van der Waals surface area (Å²) in [6.45, 7) is -0.253. The summed E-state index contributed by atoms with van der Waals surface area (Å²) in [4.78, 5) is 35.4. The highest BCUT2D eigenvalue weighted by molar-refractivity contribution is 6.07. The third-order valence-electron chi connectivity index (χ3n) is 3.98. The molecule has 28 heavy (non-hydrogen) atoms. The minimum atomic E-state index is -0.692. The summed E-state index contributed by atoms with van der Waals surface area (Å²) in [6.07, 6.45) is 0. The molecule has 0 fully saturated rings. The van der Waals surface area contributed by atoms with Crippen LogP contribution in [0.2, 0.25) is 0 Å². The molecule has 0 atom stereocenters. The average Bonchev–Trinajstić information content (AvgIpc) is 2.73. The molecule has 0 radical (unpaired) electrons. The Hall–Kier alpha value is -4.00. The van der Waals surface area contributed by atoms with Gasteiger partial charge in [0.15, 0.2) is 0 Å². The lowest BCUT2D eigenvalue weighted by molar-refractivity contribution is -0.385. The fourth-order valence-electron chi connectivity index (χ4n) is 2.59. The molecule has 0 bridgehead atoms. The molecule has 0 heterocycles. The van der Waals surface area contributed by atoms with Crippen molar-refractivity contribution in [3.05, 3.63) is 106 Å². The maximum absolute atomic E-state index is 12.5. The van der Waals surface area contributed by atoms with Crippen molar-refractivity contribution in [2.45, 2.75) is 6.61 Å². The molecule has 140 valence electrons. The van der Waals surface area contributed by atoms with Crippen molar-refractivity contribution in [3.8, 4) is 0 Å². The minimum absolute atomic E-state index is 0.124. The van der Waals surface area contributed by atoms with E-state index in [0.29, 0.717) is 11.3 Å². The highest BCUT2D eigenvalue weighted by atomic mass is 16.6. The zero-order valence-corrected chi connectivity index (χ0v) is 14.7. The maximum atomic E-state index is 12.5. The molecule has 3 aromatic carbocycles. The maximum Gasteiger partial charge on any atom is 0.340 e. The number of nitro groups is 1. The van der Waals surface area contributed by atoms with Gasteiger partial charge in [0.2, 0.25) is 0 Å². The number of para-hydroxylation sites is 2. The Kier molecular flexibility index (Phi) is 5.76. The van der Waals surface area contributed by atoms with Crippen LogP contribution in [-0.2, 0) is 11.3 Å². The number of hydrogen-bond acceptors (Lipinski definition) is 5. The number of benzene rings is 3. The van der Waals surface area contributed by atoms with Crippen molar-refractivity contribution < 1.29 is 19.2 Å². The lowest BCUT2D eigenvalue weighted by Gasteiger charge is -2.11. The normalized spacial score (nSPS) is 10.1.